The first-order chi connectivity index (χ1) is 8.25. The van der Waals surface area contributed by atoms with Gasteiger partial charge in [-0.1, -0.05) is 30.3 Å². The molecule has 86 valence electrons. The maximum absolute atomic E-state index is 11.2. The highest BCUT2D eigenvalue weighted by molar-refractivity contribution is 5.79. The Morgan fingerprint density at radius 1 is 1.35 bits per heavy atom. The molecule has 0 amide bonds. The van der Waals surface area contributed by atoms with E-state index in [1.807, 2.05) is 30.3 Å². The van der Waals surface area contributed by atoms with Crippen LogP contribution in [0.2, 0.25) is 0 Å². The van der Waals surface area contributed by atoms with E-state index in [2.05, 4.69) is 20.5 Å². The van der Waals surface area contributed by atoms with Crippen molar-refractivity contribution in [2.45, 2.75) is 0 Å². The zero-order chi connectivity index (χ0) is 12.1. The Balaban J connectivity index is 2.05. The quantitative estimate of drug-likeness (QED) is 0.618. The molecule has 0 unspecified atom stereocenters. The molecule has 1 N–H and O–H groups in total. The van der Waals surface area contributed by atoms with Crippen molar-refractivity contribution >= 4 is 12.2 Å². The molecule has 1 aromatic carbocycles. The highest BCUT2D eigenvalue weighted by Gasteiger charge is 1.95. The number of hydrogen-bond acceptors (Lipinski definition) is 5. The average Bonchev–Trinajstić information content (AvgIpc) is 2.35. The Bertz CT molecular complexity index is 576. The lowest BCUT2D eigenvalue weighted by Gasteiger charge is -1.98. The normalized spacial score (nSPS) is 10.6. The fraction of sp³-hybridized carbons (Fsp3) is 0.0909. The molecule has 0 fully saturated rings. The Labute approximate surface area is 97.7 Å². The zero-order valence-electron chi connectivity index (χ0n) is 9.24. The van der Waals surface area contributed by atoms with E-state index in [0.29, 0.717) is 0 Å². The van der Waals surface area contributed by atoms with Crippen molar-refractivity contribution in [3.63, 3.8) is 0 Å². The number of aryl methyl sites for hydroxylation is 1. The summed E-state index contributed by atoms with van der Waals surface area (Å²) >= 11 is 0. The van der Waals surface area contributed by atoms with Gasteiger partial charge in [0, 0.05) is 7.05 Å². The largest absolute Gasteiger partial charge is 0.351 e. The third-order valence-electron chi connectivity index (χ3n) is 2.03. The van der Waals surface area contributed by atoms with Gasteiger partial charge >= 0.3 is 5.69 Å². The second-order valence-corrected chi connectivity index (χ2v) is 3.35. The number of benzene rings is 1. The first-order valence-electron chi connectivity index (χ1n) is 4.99. The minimum Gasteiger partial charge on any atom is -0.286 e. The van der Waals surface area contributed by atoms with E-state index in [-0.39, 0.29) is 11.6 Å². The van der Waals surface area contributed by atoms with E-state index in [1.54, 1.807) is 13.3 Å². The van der Waals surface area contributed by atoms with Gasteiger partial charge in [0.25, 0.3) is 0 Å². The van der Waals surface area contributed by atoms with Crippen LogP contribution < -0.4 is 11.1 Å². The number of rotatable bonds is 3. The van der Waals surface area contributed by atoms with Crippen molar-refractivity contribution in [3.05, 3.63) is 52.7 Å². The number of hydrazone groups is 1. The molecular formula is C11H11N5O. The van der Waals surface area contributed by atoms with E-state index in [4.69, 9.17) is 0 Å². The van der Waals surface area contributed by atoms with Gasteiger partial charge in [0.2, 0.25) is 5.95 Å². The van der Waals surface area contributed by atoms with Crippen LogP contribution in [0.5, 0.6) is 0 Å². The molecule has 0 saturated heterocycles. The lowest BCUT2D eigenvalue weighted by Crippen LogP contribution is -2.21. The maximum atomic E-state index is 11.2. The monoisotopic (exact) mass is 229 g/mol. The van der Waals surface area contributed by atoms with Gasteiger partial charge in [-0.15, -0.1) is 0 Å². The summed E-state index contributed by atoms with van der Waals surface area (Å²) in [5.74, 6) is 0.181. The van der Waals surface area contributed by atoms with Gasteiger partial charge in [0.05, 0.1) is 6.21 Å². The minimum atomic E-state index is -0.377. The molecule has 0 spiro atoms. The lowest BCUT2D eigenvalue weighted by molar-refractivity contribution is 0.772. The maximum Gasteiger partial charge on any atom is 0.351 e. The van der Waals surface area contributed by atoms with E-state index in [1.165, 1.54) is 10.9 Å². The molecule has 1 heterocycles. The second kappa shape index (κ2) is 5.02. The summed E-state index contributed by atoms with van der Waals surface area (Å²) in [4.78, 5) is 18.8. The van der Waals surface area contributed by atoms with Crippen LogP contribution in [0.4, 0.5) is 5.95 Å². The molecule has 6 heteroatoms. The van der Waals surface area contributed by atoms with Crippen LogP contribution in [-0.2, 0) is 7.05 Å². The van der Waals surface area contributed by atoms with Gasteiger partial charge in [-0.2, -0.15) is 10.1 Å². The smallest absolute Gasteiger partial charge is 0.286 e. The van der Waals surface area contributed by atoms with E-state index in [9.17, 15) is 4.79 Å². The van der Waals surface area contributed by atoms with Crippen LogP contribution in [0.1, 0.15) is 5.56 Å². The predicted molar refractivity (Wildman–Crippen MR) is 64.9 cm³/mol. The molecule has 0 atom stereocenters. The number of nitrogens with zero attached hydrogens (tertiary/aromatic N) is 4. The predicted octanol–water partition coefficient (Wildman–Crippen LogP) is 0.621. The standard InChI is InChI=1S/C11H11N5O/c1-16-8-12-10(14-11(16)17)15-13-7-9-5-3-2-4-6-9/h2-8H,1H3,(H,14,15,17)/b13-7+. The number of hydrogen-bond donors (Lipinski definition) is 1. The summed E-state index contributed by atoms with van der Waals surface area (Å²) in [5, 5.41) is 3.93. The minimum absolute atomic E-state index is 0.181. The van der Waals surface area contributed by atoms with Crippen molar-refractivity contribution in [2.75, 3.05) is 5.43 Å². The fourth-order valence-electron chi connectivity index (χ4n) is 1.15. The summed E-state index contributed by atoms with van der Waals surface area (Å²) in [6.45, 7) is 0. The molecule has 6 nitrogen and oxygen atoms in total. The lowest BCUT2D eigenvalue weighted by atomic mass is 10.2. The van der Waals surface area contributed by atoms with Crippen molar-refractivity contribution in [1.29, 1.82) is 0 Å². The van der Waals surface area contributed by atoms with Crippen molar-refractivity contribution in [1.82, 2.24) is 14.5 Å². The summed E-state index contributed by atoms with van der Waals surface area (Å²) in [6, 6.07) is 9.58. The first kappa shape index (κ1) is 11.0. The molecule has 2 rings (SSSR count). The second-order valence-electron chi connectivity index (χ2n) is 3.35. The molecule has 0 aliphatic rings. The van der Waals surface area contributed by atoms with Crippen LogP contribution in [0.3, 0.4) is 0 Å². The Morgan fingerprint density at radius 2 is 2.12 bits per heavy atom. The van der Waals surface area contributed by atoms with E-state index < -0.39 is 0 Å². The van der Waals surface area contributed by atoms with Gasteiger partial charge < -0.3 is 0 Å². The number of aromatic nitrogens is 3. The van der Waals surface area contributed by atoms with Crippen molar-refractivity contribution in [2.24, 2.45) is 12.1 Å². The topological polar surface area (TPSA) is 72.2 Å². The van der Waals surface area contributed by atoms with Crippen LogP contribution in [0.15, 0.2) is 46.6 Å². The third kappa shape index (κ3) is 2.97. The highest BCUT2D eigenvalue weighted by Crippen LogP contribution is 1.95. The molecule has 0 bridgehead atoms. The SMILES string of the molecule is Cn1cnc(N/N=C/c2ccccc2)nc1=O. The summed E-state index contributed by atoms with van der Waals surface area (Å²) in [6.07, 6.45) is 3.01. The van der Waals surface area contributed by atoms with Crippen LogP contribution >= 0.6 is 0 Å². The Morgan fingerprint density at radius 3 is 2.82 bits per heavy atom. The molecule has 0 saturated carbocycles. The van der Waals surface area contributed by atoms with Gasteiger partial charge in [-0.25, -0.2) is 15.2 Å². The first-order valence-corrected chi connectivity index (χ1v) is 4.99. The molecule has 0 aliphatic heterocycles. The fourth-order valence-corrected chi connectivity index (χ4v) is 1.15. The van der Waals surface area contributed by atoms with Gasteiger partial charge in [0.15, 0.2) is 0 Å². The summed E-state index contributed by atoms with van der Waals surface area (Å²) in [5.41, 5.74) is 3.17. The van der Waals surface area contributed by atoms with Crippen molar-refractivity contribution in [3.8, 4) is 0 Å². The Kier molecular flexibility index (Phi) is 3.25. The number of nitrogens with one attached hydrogen (secondary N) is 1. The van der Waals surface area contributed by atoms with Gasteiger partial charge in [0.1, 0.15) is 6.33 Å². The summed E-state index contributed by atoms with van der Waals surface area (Å²) < 4.78 is 1.28. The molecule has 1 aromatic heterocycles. The van der Waals surface area contributed by atoms with Crippen LogP contribution in [0.25, 0.3) is 0 Å². The zero-order valence-corrected chi connectivity index (χ0v) is 9.24. The molecule has 17 heavy (non-hydrogen) atoms. The summed E-state index contributed by atoms with van der Waals surface area (Å²) in [7, 11) is 1.58. The van der Waals surface area contributed by atoms with Crippen molar-refractivity contribution < 1.29 is 0 Å². The highest BCUT2D eigenvalue weighted by atomic mass is 16.1. The van der Waals surface area contributed by atoms with E-state index >= 15 is 0 Å². The molecule has 0 radical (unpaired) electrons. The van der Waals surface area contributed by atoms with E-state index in [0.717, 1.165) is 5.56 Å². The number of anilines is 1. The average molecular weight is 229 g/mol. The molecule has 2 aromatic rings. The van der Waals surface area contributed by atoms with Crippen LogP contribution in [0, 0.1) is 0 Å². The van der Waals surface area contributed by atoms with Crippen LogP contribution in [-0.4, -0.2) is 20.7 Å². The third-order valence-corrected chi connectivity index (χ3v) is 2.03. The molecule has 0 aliphatic carbocycles. The van der Waals surface area contributed by atoms with Gasteiger partial charge in [-0.3, -0.25) is 4.57 Å². The van der Waals surface area contributed by atoms with Gasteiger partial charge in [-0.05, 0) is 5.56 Å². The Hall–Kier alpha value is -2.50. The molecular weight excluding hydrogens is 218 g/mol.